The lowest BCUT2D eigenvalue weighted by Crippen LogP contribution is -2.17. The van der Waals surface area contributed by atoms with E-state index in [4.69, 9.17) is 0 Å². The maximum Gasteiger partial charge on any atom is 0.123 e. The van der Waals surface area contributed by atoms with E-state index in [1.165, 1.54) is 5.57 Å². The Bertz CT molecular complexity index is 614. The molecule has 0 aliphatic heterocycles. The summed E-state index contributed by atoms with van der Waals surface area (Å²) in [6.45, 7) is 10.3. The largest absolute Gasteiger partial charge is 0.507 e. The van der Waals surface area contributed by atoms with Crippen molar-refractivity contribution in [3.05, 3.63) is 59.2 Å². The van der Waals surface area contributed by atoms with Gasteiger partial charge < -0.3 is 10.2 Å². The Balaban J connectivity index is 2.39. The Morgan fingerprint density at radius 3 is 2.48 bits per heavy atom. The van der Waals surface area contributed by atoms with Crippen LogP contribution in [0.5, 0.6) is 11.5 Å². The minimum atomic E-state index is 0.00137. The quantitative estimate of drug-likeness (QED) is 0.692. The van der Waals surface area contributed by atoms with Crippen molar-refractivity contribution in [2.45, 2.75) is 52.4 Å². The zero-order chi connectivity index (χ0) is 17.0. The van der Waals surface area contributed by atoms with Crippen molar-refractivity contribution in [2.24, 2.45) is 5.92 Å². The van der Waals surface area contributed by atoms with Crippen molar-refractivity contribution in [3.63, 3.8) is 0 Å². The molecule has 0 saturated carbocycles. The summed E-state index contributed by atoms with van der Waals surface area (Å²) in [5.74, 6) is 0.641. The average Bonchev–Trinajstić information content (AvgIpc) is 2.46. The van der Waals surface area contributed by atoms with E-state index in [0.717, 1.165) is 36.8 Å². The summed E-state index contributed by atoms with van der Waals surface area (Å²) in [7, 11) is 0. The van der Waals surface area contributed by atoms with Crippen LogP contribution in [-0.4, -0.2) is 10.2 Å². The lowest BCUT2D eigenvalue weighted by Gasteiger charge is -2.31. The second-order valence-corrected chi connectivity index (χ2v) is 6.66. The van der Waals surface area contributed by atoms with Crippen LogP contribution in [0.1, 0.15) is 57.1 Å². The van der Waals surface area contributed by atoms with Crippen LogP contribution < -0.4 is 0 Å². The fraction of sp³-hybridized carbons (Fsp3) is 0.429. The number of hydrogen-bond donors (Lipinski definition) is 2. The van der Waals surface area contributed by atoms with Crippen LogP contribution in [0.2, 0.25) is 0 Å². The molecule has 1 aromatic carbocycles. The van der Waals surface area contributed by atoms with Crippen molar-refractivity contribution >= 4 is 0 Å². The standard InChI is InChI=1S/C21H28O2/c1-5-6-7-8-16-12-19(22)21(20(23)13-16)18-11-15(4)9-10-17(18)14(2)3/h6-7,11-13,17-18,22-23H,2,5,8-10H2,1,3-4H3/b7-6+. The van der Waals surface area contributed by atoms with Crippen molar-refractivity contribution in [1.82, 2.24) is 0 Å². The smallest absolute Gasteiger partial charge is 0.123 e. The molecule has 23 heavy (non-hydrogen) atoms. The molecule has 2 heteroatoms. The highest BCUT2D eigenvalue weighted by Crippen LogP contribution is 2.46. The summed E-state index contributed by atoms with van der Waals surface area (Å²) in [6, 6.07) is 3.56. The lowest BCUT2D eigenvalue weighted by atomic mass is 9.73. The number of phenols is 2. The van der Waals surface area contributed by atoms with E-state index < -0.39 is 0 Å². The second-order valence-electron chi connectivity index (χ2n) is 6.66. The van der Waals surface area contributed by atoms with Gasteiger partial charge in [-0.15, -0.1) is 0 Å². The molecule has 2 atom stereocenters. The molecule has 2 nitrogen and oxygen atoms in total. The minimum absolute atomic E-state index is 0.00137. The summed E-state index contributed by atoms with van der Waals surface area (Å²) in [4.78, 5) is 0. The van der Waals surface area contributed by atoms with E-state index in [0.29, 0.717) is 5.56 Å². The van der Waals surface area contributed by atoms with Crippen LogP contribution in [0.25, 0.3) is 0 Å². The van der Waals surface area contributed by atoms with E-state index >= 15 is 0 Å². The number of benzene rings is 1. The van der Waals surface area contributed by atoms with Gasteiger partial charge >= 0.3 is 0 Å². The number of rotatable bonds is 5. The topological polar surface area (TPSA) is 40.5 Å². The average molecular weight is 312 g/mol. The molecule has 0 saturated heterocycles. The first-order chi connectivity index (χ1) is 10.9. The van der Waals surface area contributed by atoms with Gasteiger partial charge in [-0.3, -0.25) is 0 Å². The van der Waals surface area contributed by atoms with E-state index in [-0.39, 0.29) is 23.3 Å². The minimum Gasteiger partial charge on any atom is -0.507 e. The zero-order valence-corrected chi connectivity index (χ0v) is 14.5. The molecule has 1 aromatic rings. The molecule has 0 spiro atoms. The molecule has 2 unspecified atom stereocenters. The van der Waals surface area contributed by atoms with Gasteiger partial charge in [-0.25, -0.2) is 0 Å². The highest BCUT2D eigenvalue weighted by molar-refractivity contribution is 5.52. The molecule has 0 radical (unpaired) electrons. The van der Waals surface area contributed by atoms with E-state index in [2.05, 4.69) is 38.7 Å². The molecule has 0 aromatic heterocycles. The third kappa shape index (κ3) is 4.07. The van der Waals surface area contributed by atoms with Gasteiger partial charge in [-0.1, -0.05) is 42.9 Å². The first-order valence-corrected chi connectivity index (χ1v) is 8.46. The number of allylic oxidation sites excluding steroid dienone is 5. The van der Waals surface area contributed by atoms with Gasteiger partial charge in [0.2, 0.25) is 0 Å². The Morgan fingerprint density at radius 1 is 1.26 bits per heavy atom. The summed E-state index contributed by atoms with van der Waals surface area (Å²) in [5, 5.41) is 21.0. The molecule has 0 fully saturated rings. The molecule has 1 aliphatic carbocycles. The lowest BCUT2D eigenvalue weighted by molar-refractivity contribution is 0.406. The number of hydrogen-bond acceptors (Lipinski definition) is 2. The molecular formula is C21H28O2. The maximum atomic E-state index is 10.5. The van der Waals surface area contributed by atoms with Gasteiger partial charge in [0.25, 0.3) is 0 Å². The molecule has 2 N–H and O–H groups in total. The summed E-state index contributed by atoms with van der Waals surface area (Å²) < 4.78 is 0. The molecule has 0 heterocycles. The van der Waals surface area contributed by atoms with Crippen LogP contribution in [0.15, 0.2) is 48.1 Å². The Kier molecular flexibility index (Phi) is 5.70. The van der Waals surface area contributed by atoms with Crippen molar-refractivity contribution in [3.8, 4) is 11.5 Å². The van der Waals surface area contributed by atoms with Gasteiger partial charge in [-0.05, 0) is 63.1 Å². The Hall–Kier alpha value is -1.96. The molecule has 124 valence electrons. The number of phenolic OH excluding ortho intramolecular Hbond substituents is 2. The highest BCUT2D eigenvalue weighted by atomic mass is 16.3. The normalized spacial score (nSPS) is 21.4. The van der Waals surface area contributed by atoms with Crippen LogP contribution in [-0.2, 0) is 6.42 Å². The summed E-state index contributed by atoms with van der Waals surface area (Å²) in [5.41, 5.74) is 3.98. The van der Waals surface area contributed by atoms with Gasteiger partial charge in [0.1, 0.15) is 11.5 Å². The van der Waals surface area contributed by atoms with Crippen molar-refractivity contribution < 1.29 is 10.2 Å². The third-order valence-electron chi connectivity index (χ3n) is 4.67. The highest BCUT2D eigenvalue weighted by Gasteiger charge is 2.29. The molecule has 0 bridgehead atoms. The summed E-state index contributed by atoms with van der Waals surface area (Å²) in [6.07, 6.45) is 10.1. The number of aromatic hydroxyl groups is 2. The molecule has 0 amide bonds. The zero-order valence-electron chi connectivity index (χ0n) is 14.5. The van der Waals surface area contributed by atoms with Crippen LogP contribution >= 0.6 is 0 Å². The van der Waals surface area contributed by atoms with Crippen molar-refractivity contribution in [2.75, 3.05) is 0 Å². The molecule has 2 rings (SSSR count). The second kappa shape index (κ2) is 7.54. The SMILES string of the molecule is C=C(C)C1CCC(C)=CC1c1c(O)cc(C/C=C/CC)cc1O. The predicted molar refractivity (Wildman–Crippen MR) is 96.9 cm³/mol. The maximum absolute atomic E-state index is 10.5. The van der Waals surface area contributed by atoms with E-state index in [1.54, 1.807) is 12.1 Å². The molecular weight excluding hydrogens is 284 g/mol. The first-order valence-electron chi connectivity index (χ1n) is 8.46. The fourth-order valence-corrected chi connectivity index (χ4v) is 3.43. The van der Waals surface area contributed by atoms with Gasteiger partial charge in [0.15, 0.2) is 0 Å². The monoisotopic (exact) mass is 312 g/mol. The third-order valence-corrected chi connectivity index (χ3v) is 4.67. The molecule has 1 aliphatic rings. The van der Waals surface area contributed by atoms with Crippen LogP contribution in [0.3, 0.4) is 0 Å². The van der Waals surface area contributed by atoms with Crippen LogP contribution in [0, 0.1) is 5.92 Å². The van der Waals surface area contributed by atoms with Crippen molar-refractivity contribution in [1.29, 1.82) is 0 Å². The summed E-state index contributed by atoms with van der Waals surface area (Å²) >= 11 is 0. The van der Waals surface area contributed by atoms with Gasteiger partial charge in [0.05, 0.1) is 0 Å². The van der Waals surface area contributed by atoms with E-state index in [1.807, 2.05) is 6.92 Å². The Labute approximate surface area is 139 Å². The van der Waals surface area contributed by atoms with Gasteiger partial charge in [-0.2, -0.15) is 0 Å². The van der Waals surface area contributed by atoms with Gasteiger partial charge in [0, 0.05) is 11.5 Å². The fourth-order valence-electron chi connectivity index (χ4n) is 3.43. The predicted octanol–water partition coefficient (Wildman–Crippen LogP) is 5.62. The van der Waals surface area contributed by atoms with Crippen LogP contribution in [0.4, 0.5) is 0 Å². The first kappa shape index (κ1) is 17.4. The Morgan fingerprint density at radius 2 is 1.91 bits per heavy atom. The van der Waals surface area contributed by atoms with E-state index in [9.17, 15) is 10.2 Å².